The van der Waals surface area contributed by atoms with Crippen molar-refractivity contribution in [3.8, 4) is 11.1 Å². The van der Waals surface area contributed by atoms with Gasteiger partial charge in [0.1, 0.15) is 0 Å². The van der Waals surface area contributed by atoms with E-state index in [1.54, 1.807) is 0 Å². The minimum absolute atomic E-state index is 0.141. The Kier molecular flexibility index (Phi) is 16.2. The number of anilines is 2. The second-order valence-electron chi connectivity index (χ2n) is 19.0. The first kappa shape index (κ1) is 49.1. The molecule has 0 fully saturated rings. The molecule has 0 amide bonds. The minimum atomic E-state index is -0.141. The Morgan fingerprint density at radius 1 is 0.809 bits per heavy atom. The van der Waals surface area contributed by atoms with Gasteiger partial charge in [-0.3, -0.25) is 0 Å². The molecule has 0 saturated carbocycles. The van der Waals surface area contributed by atoms with Crippen LogP contribution in [-0.4, -0.2) is 12.9 Å². The van der Waals surface area contributed by atoms with Crippen LogP contribution in [-0.2, 0) is 5.41 Å². The van der Waals surface area contributed by atoms with Crippen LogP contribution in [0.1, 0.15) is 114 Å². The van der Waals surface area contributed by atoms with Crippen LogP contribution in [0.15, 0.2) is 212 Å². The molecule has 1 aliphatic heterocycles. The molecule has 0 N–H and O–H groups in total. The fraction of sp³-hybridized carbons (Fsp3) is 0.227. The van der Waals surface area contributed by atoms with Gasteiger partial charge in [-0.2, -0.15) is 0 Å². The third-order valence-electron chi connectivity index (χ3n) is 13.4. The maximum absolute atomic E-state index is 4.03. The summed E-state index contributed by atoms with van der Waals surface area (Å²) in [6.07, 6.45) is 40.5. The van der Waals surface area contributed by atoms with Crippen LogP contribution < -0.4 is 4.90 Å². The molecule has 0 radical (unpaired) electrons. The Morgan fingerprint density at radius 3 is 2.26 bits per heavy atom. The van der Waals surface area contributed by atoms with Crippen LogP contribution in [0, 0.1) is 12.8 Å². The van der Waals surface area contributed by atoms with Gasteiger partial charge < -0.3 is 0 Å². The first-order chi connectivity index (χ1) is 32.9. The molecule has 2 aliphatic carbocycles. The second kappa shape index (κ2) is 22.4. The van der Waals surface area contributed by atoms with Crippen LogP contribution in [0.4, 0.5) is 11.4 Å². The van der Waals surface area contributed by atoms with Crippen LogP contribution in [0.5, 0.6) is 0 Å². The maximum atomic E-state index is 4.03. The Hall–Kier alpha value is -6.77. The number of fused-ring (bicyclic) bond motifs is 3. The van der Waals surface area contributed by atoms with E-state index in [4.69, 9.17) is 0 Å². The molecule has 3 aliphatic rings. The van der Waals surface area contributed by atoms with E-state index < -0.39 is 0 Å². The van der Waals surface area contributed by atoms with Crippen molar-refractivity contribution < 1.29 is 0 Å². The van der Waals surface area contributed by atoms with Gasteiger partial charge in [0.2, 0.25) is 0 Å². The first-order valence-electron chi connectivity index (χ1n) is 24.7. The number of nitrogens with zero attached hydrogens (tertiary/aromatic N) is 1. The zero-order valence-electron chi connectivity index (χ0n) is 42.1. The van der Waals surface area contributed by atoms with Crippen molar-refractivity contribution in [2.24, 2.45) is 5.92 Å². The van der Waals surface area contributed by atoms with E-state index in [0.717, 1.165) is 58.6 Å². The molecular weight excluding hydrogens is 818 g/mol. The average molecular weight is 888 g/mol. The molecule has 0 bridgehead atoms. The monoisotopic (exact) mass is 888 g/mol. The van der Waals surface area contributed by atoms with Crippen LogP contribution in [0.3, 0.4) is 0 Å². The molecule has 1 atom stereocenters. The summed E-state index contributed by atoms with van der Waals surface area (Å²) in [6.45, 7) is 30.6. The predicted octanol–water partition coefficient (Wildman–Crippen LogP) is 18.2. The van der Waals surface area contributed by atoms with E-state index in [1.807, 2.05) is 12.2 Å². The van der Waals surface area contributed by atoms with Crippen molar-refractivity contribution in [2.75, 3.05) is 4.90 Å². The van der Waals surface area contributed by atoms with Crippen LogP contribution >= 0.6 is 0 Å². The molecule has 7 rings (SSSR count). The van der Waals surface area contributed by atoms with Crippen molar-refractivity contribution in [1.82, 2.24) is 0 Å². The van der Waals surface area contributed by atoms with Crippen molar-refractivity contribution in [1.29, 1.82) is 0 Å². The van der Waals surface area contributed by atoms with E-state index >= 15 is 0 Å². The Morgan fingerprint density at radius 2 is 1.57 bits per heavy atom. The summed E-state index contributed by atoms with van der Waals surface area (Å²) < 4.78 is 0. The molecule has 1 heterocycles. The molecule has 4 aromatic carbocycles. The van der Waals surface area contributed by atoms with Gasteiger partial charge in [-0.1, -0.05) is 6.92 Å². The normalized spacial score (nSPS) is 17.3. The van der Waals surface area contributed by atoms with Crippen molar-refractivity contribution >= 4 is 46.6 Å². The van der Waals surface area contributed by atoms with Gasteiger partial charge in [-0.25, -0.2) is 0 Å². The van der Waals surface area contributed by atoms with Gasteiger partial charge in [0, 0.05) is 0 Å². The second-order valence-corrected chi connectivity index (χ2v) is 19.0. The number of benzene rings is 4. The van der Waals surface area contributed by atoms with Gasteiger partial charge in [0.25, 0.3) is 0 Å². The first-order valence-corrected chi connectivity index (χ1v) is 24.7. The van der Waals surface area contributed by atoms with E-state index in [0.29, 0.717) is 5.92 Å². The predicted molar refractivity (Wildman–Crippen MR) is 304 cm³/mol. The fourth-order valence-electron chi connectivity index (χ4n) is 9.85. The zero-order valence-corrected chi connectivity index (χ0v) is 42.1. The summed E-state index contributed by atoms with van der Waals surface area (Å²) in [6, 6.07) is 30.1. The fourth-order valence-corrected chi connectivity index (χ4v) is 9.85. The summed E-state index contributed by atoms with van der Waals surface area (Å²) in [5.41, 5.74) is 21.9. The third kappa shape index (κ3) is 10.8. The molecule has 1 unspecified atom stereocenters. The molecule has 68 heavy (non-hydrogen) atoms. The van der Waals surface area contributed by atoms with Gasteiger partial charge in [0.15, 0.2) is 0 Å². The van der Waals surface area contributed by atoms with Gasteiger partial charge in [-0.05, 0) is 0 Å². The van der Waals surface area contributed by atoms with Crippen molar-refractivity contribution in [3.05, 3.63) is 251 Å². The summed E-state index contributed by atoms with van der Waals surface area (Å²) in [4.78, 5) is 2.49. The van der Waals surface area contributed by atoms with E-state index in [-0.39, 0.29) is 11.2 Å². The molecule has 0 saturated heterocycles. The van der Waals surface area contributed by atoms with Crippen LogP contribution in [0.25, 0.3) is 33.4 Å². The Bertz CT molecular complexity index is 2930. The third-order valence-corrected chi connectivity index (χ3v) is 13.4. The number of hydrogen-bond donors (Lipinski definition) is 0. The molecule has 4 aromatic rings. The Balaban J connectivity index is 1.45. The molecule has 1 nitrogen and oxygen atoms in total. The topological polar surface area (TPSA) is 3.24 Å². The summed E-state index contributed by atoms with van der Waals surface area (Å²) in [7, 11) is 0. The Labute approximate surface area is 410 Å². The number of aryl methyl sites for hydroxylation is 1. The van der Waals surface area contributed by atoms with Crippen molar-refractivity contribution in [3.63, 3.8) is 0 Å². The molecule has 2 heteroatoms. The zero-order chi connectivity index (χ0) is 48.4. The molecule has 0 spiro atoms. The summed E-state index contributed by atoms with van der Waals surface area (Å²) >= 11 is 0. The number of rotatable bonds is 16. The average Bonchev–Trinajstić information content (AvgIpc) is 3.42. The SMILES string of the molecule is C=C/C=C\C(=C/C(C)C)c1cc(C2=CC(N(c3ccc(C4=CC=CCC4)cc3)c3ccc4c(c3)C(C)(C)c3ccccc3-4)=CC(C)B=C2)c(C(/C=C\C(=C/C)C(\C=C/CC)=C\C=C)=C\C)cc1C. The number of allylic oxidation sites excluding steroid dienone is 23. The molecule has 342 valence electrons. The quantitative estimate of drug-likeness (QED) is 0.0800. The van der Waals surface area contributed by atoms with E-state index in [9.17, 15) is 0 Å². The molecule has 0 aromatic heterocycles. The van der Waals surface area contributed by atoms with Gasteiger partial charge in [0.05, 0.1) is 0 Å². The van der Waals surface area contributed by atoms with E-state index in [1.165, 1.54) is 61.2 Å². The molecular formula is C66H70BN. The number of hydrogen-bond acceptors (Lipinski definition) is 1. The summed E-state index contributed by atoms with van der Waals surface area (Å²) in [5.74, 6) is 2.87. The van der Waals surface area contributed by atoms with Gasteiger partial charge in [-0.15, -0.1) is 0 Å². The van der Waals surface area contributed by atoms with E-state index in [2.05, 4.69) is 263 Å². The van der Waals surface area contributed by atoms with Crippen LogP contribution in [0.2, 0.25) is 5.82 Å². The van der Waals surface area contributed by atoms with Gasteiger partial charge >= 0.3 is 405 Å². The van der Waals surface area contributed by atoms with Crippen molar-refractivity contribution in [2.45, 2.75) is 92.8 Å². The summed E-state index contributed by atoms with van der Waals surface area (Å²) in [5, 5.41) is 0. The standard InChI is InChI=1S/C66H70BN/c1-12-17-25-51(24-14-3)49(15-4)31-32-50(16-5)62-40-47(8)61(54(26-18-13-2)39-46(6)7)44-63(62)55-42-58(41-48(9)67-45-55)68(56-35-33-53(34-36-56)52-27-20-19-21-28-52)57-37-38-60-59-29-22-23-30-64(59)66(10,11)65(60)43-57/h13-20,22-27,29-46,48H,2-3,12,21,28H2,1,4-11H3/b25-17-,26-18-,32-31-,49-15+,50-16-,51-24+,54-39+.